The lowest BCUT2D eigenvalue weighted by atomic mass is 9.70. The summed E-state index contributed by atoms with van der Waals surface area (Å²) >= 11 is 1.77. The lowest BCUT2D eigenvalue weighted by Crippen LogP contribution is -2.34. The molecule has 3 rings (SSSR count). The van der Waals surface area contributed by atoms with Crippen molar-refractivity contribution in [3.05, 3.63) is 30.3 Å². The van der Waals surface area contributed by atoms with Crippen LogP contribution in [0.25, 0.3) is 0 Å². The molecule has 2 saturated carbocycles. The fraction of sp³-hybridized carbons (Fsp3) is 0.562. The second-order valence-corrected chi connectivity index (χ2v) is 7.63. The van der Waals surface area contributed by atoms with E-state index >= 15 is 0 Å². The Kier molecular flexibility index (Phi) is 2.64. The van der Waals surface area contributed by atoms with Gasteiger partial charge < -0.3 is 0 Å². The van der Waals surface area contributed by atoms with Gasteiger partial charge in [0.05, 0.1) is 5.25 Å². The third kappa shape index (κ3) is 1.45. The van der Waals surface area contributed by atoms with Gasteiger partial charge in [0.1, 0.15) is 0 Å². The van der Waals surface area contributed by atoms with E-state index in [1.54, 1.807) is 11.8 Å². The third-order valence-corrected chi connectivity index (χ3v) is 6.82. The van der Waals surface area contributed by atoms with Crippen LogP contribution in [0.3, 0.4) is 0 Å². The molecule has 1 aromatic carbocycles. The standard InChI is InChI=1S/C16H20OS/c1-15(2)12-9-10-16(15,3)14(17)13(12)18-11-7-5-4-6-8-11/h4-8,12-13H,9-10H2,1-3H3/t12-,13-,16+/m1/s1. The van der Waals surface area contributed by atoms with E-state index in [0.717, 1.165) is 6.42 Å². The summed E-state index contributed by atoms with van der Waals surface area (Å²) in [4.78, 5) is 13.9. The van der Waals surface area contributed by atoms with Crippen LogP contribution < -0.4 is 0 Å². The molecule has 18 heavy (non-hydrogen) atoms. The fourth-order valence-electron chi connectivity index (χ4n) is 3.78. The van der Waals surface area contributed by atoms with Crippen LogP contribution in [0.5, 0.6) is 0 Å². The van der Waals surface area contributed by atoms with E-state index in [4.69, 9.17) is 0 Å². The first-order chi connectivity index (χ1) is 8.47. The molecule has 0 aliphatic heterocycles. The Labute approximate surface area is 113 Å². The van der Waals surface area contributed by atoms with Crippen molar-refractivity contribution in [1.29, 1.82) is 0 Å². The molecule has 2 heteroatoms. The summed E-state index contributed by atoms with van der Waals surface area (Å²) < 4.78 is 0. The predicted octanol–water partition coefficient (Wildman–Crippen LogP) is 4.17. The number of rotatable bonds is 2. The van der Waals surface area contributed by atoms with Crippen molar-refractivity contribution in [3.8, 4) is 0 Å². The zero-order valence-electron chi connectivity index (χ0n) is 11.3. The Bertz CT molecular complexity index is 479. The lowest BCUT2D eigenvalue weighted by Gasteiger charge is -2.32. The van der Waals surface area contributed by atoms with Gasteiger partial charge in [0.15, 0.2) is 5.78 Å². The van der Waals surface area contributed by atoms with E-state index in [1.807, 2.05) is 18.2 Å². The fourth-order valence-corrected chi connectivity index (χ4v) is 5.40. The molecule has 2 fully saturated rings. The van der Waals surface area contributed by atoms with Gasteiger partial charge in [-0.15, -0.1) is 11.8 Å². The number of hydrogen-bond acceptors (Lipinski definition) is 2. The topological polar surface area (TPSA) is 17.1 Å². The second-order valence-electron chi connectivity index (χ2n) is 6.41. The maximum absolute atomic E-state index is 12.7. The second kappa shape index (κ2) is 3.86. The highest BCUT2D eigenvalue weighted by Crippen LogP contribution is 2.66. The van der Waals surface area contributed by atoms with Gasteiger partial charge in [0.25, 0.3) is 0 Å². The van der Waals surface area contributed by atoms with Crippen molar-refractivity contribution in [2.75, 3.05) is 0 Å². The largest absolute Gasteiger partial charge is 0.298 e. The summed E-state index contributed by atoms with van der Waals surface area (Å²) in [5.74, 6) is 1.03. The van der Waals surface area contributed by atoms with Crippen LogP contribution in [0, 0.1) is 16.7 Å². The summed E-state index contributed by atoms with van der Waals surface area (Å²) in [5.41, 5.74) is 0.0701. The number of thioether (sulfide) groups is 1. The van der Waals surface area contributed by atoms with Gasteiger partial charge in [-0.2, -0.15) is 0 Å². The maximum Gasteiger partial charge on any atom is 0.152 e. The molecule has 1 aromatic rings. The number of carbonyl (C=O) groups is 1. The average molecular weight is 260 g/mol. The summed E-state index contributed by atoms with van der Waals surface area (Å²) in [7, 11) is 0. The van der Waals surface area contributed by atoms with Gasteiger partial charge >= 0.3 is 0 Å². The monoisotopic (exact) mass is 260 g/mol. The van der Waals surface area contributed by atoms with Gasteiger partial charge in [-0.1, -0.05) is 39.0 Å². The molecule has 0 heterocycles. The number of fused-ring (bicyclic) bond motifs is 2. The number of Topliss-reactive ketones (excluding diaryl/α,β-unsaturated/α-hetero) is 1. The van der Waals surface area contributed by atoms with Crippen molar-refractivity contribution in [1.82, 2.24) is 0 Å². The van der Waals surface area contributed by atoms with Crippen molar-refractivity contribution in [2.24, 2.45) is 16.7 Å². The van der Waals surface area contributed by atoms with Crippen LogP contribution in [-0.4, -0.2) is 11.0 Å². The highest BCUT2D eigenvalue weighted by molar-refractivity contribution is 8.00. The zero-order valence-corrected chi connectivity index (χ0v) is 12.1. The third-order valence-electron chi connectivity index (χ3n) is 5.48. The van der Waals surface area contributed by atoms with Crippen molar-refractivity contribution >= 4 is 17.5 Å². The summed E-state index contributed by atoms with van der Waals surface area (Å²) in [6.45, 7) is 6.75. The summed E-state index contributed by atoms with van der Waals surface area (Å²) in [5, 5.41) is 0.168. The molecule has 2 bridgehead atoms. The molecule has 0 amide bonds. The molecule has 0 saturated heterocycles. The van der Waals surface area contributed by atoms with Crippen LogP contribution in [-0.2, 0) is 4.79 Å². The highest BCUT2D eigenvalue weighted by atomic mass is 32.2. The molecule has 2 aliphatic rings. The minimum atomic E-state index is -0.0931. The van der Waals surface area contributed by atoms with E-state index in [1.165, 1.54) is 11.3 Å². The van der Waals surface area contributed by atoms with E-state index in [9.17, 15) is 4.79 Å². The van der Waals surface area contributed by atoms with Crippen molar-refractivity contribution in [2.45, 2.75) is 43.8 Å². The molecule has 0 unspecified atom stereocenters. The molecule has 0 spiro atoms. The first-order valence-corrected chi connectivity index (χ1v) is 7.61. The first-order valence-electron chi connectivity index (χ1n) is 6.73. The molecule has 0 N–H and O–H groups in total. The predicted molar refractivity (Wildman–Crippen MR) is 75.7 cm³/mol. The molecule has 3 atom stereocenters. The van der Waals surface area contributed by atoms with Crippen molar-refractivity contribution in [3.63, 3.8) is 0 Å². The molecular weight excluding hydrogens is 240 g/mol. The number of benzene rings is 1. The minimum absolute atomic E-state index is 0.0931. The smallest absolute Gasteiger partial charge is 0.152 e. The maximum atomic E-state index is 12.7. The van der Waals surface area contributed by atoms with E-state index < -0.39 is 0 Å². The molecular formula is C16H20OS. The van der Waals surface area contributed by atoms with Gasteiger partial charge in [-0.25, -0.2) is 0 Å². The van der Waals surface area contributed by atoms with Crippen molar-refractivity contribution < 1.29 is 4.79 Å². The summed E-state index contributed by atoms with van der Waals surface area (Å²) in [6, 6.07) is 10.3. The van der Waals surface area contributed by atoms with Crippen LogP contribution in [0.4, 0.5) is 0 Å². The lowest BCUT2D eigenvalue weighted by molar-refractivity contribution is -0.127. The van der Waals surface area contributed by atoms with Crippen LogP contribution in [0.1, 0.15) is 33.6 Å². The summed E-state index contributed by atoms with van der Waals surface area (Å²) in [6.07, 6.45) is 2.29. The SMILES string of the molecule is CC1(C)[C@@H]2CC[C@@]1(C)C(=O)[C@@H]2Sc1ccccc1. The Hall–Kier alpha value is -0.760. The quantitative estimate of drug-likeness (QED) is 0.793. The van der Waals surface area contributed by atoms with E-state index in [0.29, 0.717) is 11.7 Å². The Balaban J connectivity index is 1.90. The highest BCUT2D eigenvalue weighted by Gasteiger charge is 2.66. The number of carbonyl (C=O) groups excluding carboxylic acids is 1. The van der Waals surface area contributed by atoms with E-state index in [2.05, 4.69) is 32.9 Å². The Morgan fingerprint density at radius 1 is 1.17 bits per heavy atom. The first kappa shape index (κ1) is 12.3. The number of ketones is 1. The molecule has 0 radical (unpaired) electrons. The minimum Gasteiger partial charge on any atom is -0.298 e. The van der Waals surface area contributed by atoms with Crippen LogP contribution >= 0.6 is 11.8 Å². The van der Waals surface area contributed by atoms with Gasteiger partial charge in [-0.05, 0) is 36.3 Å². The molecule has 2 aliphatic carbocycles. The molecule has 1 nitrogen and oxygen atoms in total. The Morgan fingerprint density at radius 2 is 1.83 bits per heavy atom. The Morgan fingerprint density at radius 3 is 2.39 bits per heavy atom. The number of hydrogen-bond donors (Lipinski definition) is 0. The average Bonchev–Trinajstić information content (AvgIpc) is 2.65. The van der Waals surface area contributed by atoms with Crippen LogP contribution in [0.15, 0.2) is 35.2 Å². The van der Waals surface area contributed by atoms with E-state index in [-0.39, 0.29) is 16.1 Å². The zero-order chi connectivity index (χ0) is 13.0. The van der Waals surface area contributed by atoms with Crippen LogP contribution in [0.2, 0.25) is 0 Å². The normalized spacial score (nSPS) is 37.2. The molecule has 96 valence electrons. The van der Waals surface area contributed by atoms with Gasteiger partial charge in [0, 0.05) is 10.3 Å². The molecule has 0 aromatic heterocycles. The van der Waals surface area contributed by atoms with Gasteiger partial charge in [0.2, 0.25) is 0 Å². The van der Waals surface area contributed by atoms with Gasteiger partial charge in [-0.3, -0.25) is 4.79 Å².